The highest BCUT2D eigenvalue weighted by Crippen LogP contribution is 2.16. The van der Waals surface area contributed by atoms with Gasteiger partial charge < -0.3 is 15.8 Å². The Hall–Kier alpha value is -0.610. The van der Waals surface area contributed by atoms with Crippen LogP contribution in [0.2, 0.25) is 0 Å². The van der Waals surface area contributed by atoms with E-state index in [4.69, 9.17) is 10.5 Å². The number of carbonyl (C=O) groups excluding carboxylic acids is 1. The van der Waals surface area contributed by atoms with Gasteiger partial charge in [-0.25, -0.2) is 0 Å². The SMILES string of the molecule is CCC(C)NC(=O)C(C)OC(C)(CC)CN. The molecule has 0 fully saturated rings. The van der Waals surface area contributed by atoms with Crippen molar-refractivity contribution in [3.63, 3.8) is 0 Å². The van der Waals surface area contributed by atoms with E-state index in [2.05, 4.69) is 5.32 Å². The Morgan fingerprint density at radius 2 is 2.00 bits per heavy atom. The smallest absolute Gasteiger partial charge is 0.249 e. The molecule has 4 heteroatoms. The highest BCUT2D eigenvalue weighted by molar-refractivity contribution is 5.80. The lowest BCUT2D eigenvalue weighted by atomic mass is 10.0. The summed E-state index contributed by atoms with van der Waals surface area (Å²) in [5.74, 6) is -0.0672. The quantitative estimate of drug-likeness (QED) is 0.695. The largest absolute Gasteiger partial charge is 0.361 e. The third-order valence-electron chi connectivity index (χ3n) is 3.01. The Bertz CT molecular complexity index is 215. The lowest BCUT2D eigenvalue weighted by Crippen LogP contribution is -2.46. The summed E-state index contributed by atoms with van der Waals surface area (Å²) in [5, 5.41) is 2.90. The molecule has 0 aromatic heterocycles. The molecule has 0 aliphatic heterocycles. The van der Waals surface area contributed by atoms with Gasteiger partial charge in [0, 0.05) is 12.6 Å². The van der Waals surface area contributed by atoms with E-state index in [1.165, 1.54) is 0 Å². The second-order valence-corrected chi connectivity index (χ2v) is 4.59. The monoisotopic (exact) mass is 230 g/mol. The first-order chi connectivity index (χ1) is 7.38. The third-order valence-corrected chi connectivity index (χ3v) is 3.01. The van der Waals surface area contributed by atoms with Crippen molar-refractivity contribution in [1.29, 1.82) is 0 Å². The maximum Gasteiger partial charge on any atom is 0.249 e. The summed E-state index contributed by atoms with van der Waals surface area (Å²) < 4.78 is 5.71. The van der Waals surface area contributed by atoms with E-state index in [0.717, 1.165) is 12.8 Å². The van der Waals surface area contributed by atoms with Crippen molar-refractivity contribution in [1.82, 2.24) is 5.32 Å². The van der Waals surface area contributed by atoms with Gasteiger partial charge >= 0.3 is 0 Å². The van der Waals surface area contributed by atoms with Crippen LogP contribution in [0.1, 0.15) is 47.5 Å². The number of rotatable bonds is 7. The minimum atomic E-state index is -0.456. The van der Waals surface area contributed by atoms with Crippen LogP contribution in [-0.2, 0) is 9.53 Å². The molecule has 0 saturated carbocycles. The van der Waals surface area contributed by atoms with Crippen LogP contribution in [0.3, 0.4) is 0 Å². The lowest BCUT2D eigenvalue weighted by molar-refractivity contribution is -0.143. The van der Waals surface area contributed by atoms with Gasteiger partial charge in [-0.1, -0.05) is 13.8 Å². The van der Waals surface area contributed by atoms with E-state index in [-0.39, 0.29) is 11.9 Å². The fourth-order valence-corrected chi connectivity index (χ4v) is 1.22. The molecule has 3 atom stereocenters. The van der Waals surface area contributed by atoms with Crippen molar-refractivity contribution >= 4 is 5.91 Å². The summed E-state index contributed by atoms with van der Waals surface area (Å²) >= 11 is 0. The number of hydrogen-bond donors (Lipinski definition) is 2. The predicted molar refractivity (Wildman–Crippen MR) is 66.2 cm³/mol. The first-order valence-corrected chi connectivity index (χ1v) is 6.06. The molecule has 0 radical (unpaired) electrons. The van der Waals surface area contributed by atoms with E-state index in [1.54, 1.807) is 6.92 Å². The van der Waals surface area contributed by atoms with Crippen molar-refractivity contribution in [2.24, 2.45) is 5.73 Å². The molecule has 3 unspecified atom stereocenters. The van der Waals surface area contributed by atoms with Gasteiger partial charge in [0.05, 0.1) is 5.60 Å². The summed E-state index contributed by atoms with van der Waals surface area (Å²) in [5.41, 5.74) is 5.23. The van der Waals surface area contributed by atoms with E-state index in [1.807, 2.05) is 27.7 Å². The predicted octanol–water partition coefficient (Wildman–Crippen LogP) is 1.43. The van der Waals surface area contributed by atoms with Crippen LogP contribution in [0.4, 0.5) is 0 Å². The molecule has 0 heterocycles. The molecule has 3 N–H and O–H groups in total. The van der Waals surface area contributed by atoms with Gasteiger partial charge in [-0.3, -0.25) is 4.79 Å². The van der Waals surface area contributed by atoms with E-state index < -0.39 is 11.7 Å². The standard InChI is InChI=1S/C12H26N2O2/c1-6-9(3)14-11(15)10(4)16-12(5,7-2)8-13/h9-10H,6-8,13H2,1-5H3,(H,14,15). The van der Waals surface area contributed by atoms with Crippen LogP contribution in [0, 0.1) is 0 Å². The summed E-state index contributed by atoms with van der Waals surface area (Å²) in [6.07, 6.45) is 1.26. The van der Waals surface area contributed by atoms with Crippen LogP contribution in [0.5, 0.6) is 0 Å². The molecule has 0 aromatic carbocycles. The van der Waals surface area contributed by atoms with Crippen LogP contribution < -0.4 is 11.1 Å². The van der Waals surface area contributed by atoms with Crippen LogP contribution in [-0.4, -0.2) is 30.2 Å². The van der Waals surface area contributed by atoms with Crippen molar-refractivity contribution in [3.05, 3.63) is 0 Å². The topological polar surface area (TPSA) is 64.3 Å². The lowest BCUT2D eigenvalue weighted by Gasteiger charge is -2.30. The molecule has 0 saturated heterocycles. The number of ether oxygens (including phenoxy) is 1. The van der Waals surface area contributed by atoms with Gasteiger partial charge in [0.25, 0.3) is 0 Å². The molecule has 0 aromatic rings. The molecule has 0 aliphatic carbocycles. The molecule has 0 aliphatic rings. The fraction of sp³-hybridized carbons (Fsp3) is 0.917. The summed E-state index contributed by atoms with van der Waals surface area (Å²) in [6, 6.07) is 0.185. The second kappa shape index (κ2) is 6.86. The Morgan fingerprint density at radius 3 is 2.38 bits per heavy atom. The van der Waals surface area contributed by atoms with Gasteiger partial charge in [0.1, 0.15) is 6.10 Å². The zero-order valence-corrected chi connectivity index (χ0v) is 11.2. The maximum atomic E-state index is 11.7. The number of nitrogens with one attached hydrogen (secondary N) is 1. The highest BCUT2D eigenvalue weighted by Gasteiger charge is 2.27. The van der Waals surface area contributed by atoms with E-state index in [0.29, 0.717) is 6.54 Å². The van der Waals surface area contributed by atoms with Crippen molar-refractivity contribution in [2.45, 2.75) is 65.2 Å². The van der Waals surface area contributed by atoms with Gasteiger partial charge in [0.2, 0.25) is 5.91 Å². The number of nitrogens with two attached hydrogens (primary N) is 1. The molecule has 1 amide bonds. The number of carbonyl (C=O) groups is 1. The highest BCUT2D eigenvalue weighted by atomic mass is 16.5. The first-order valence-electron chi connectivity index (χ1n) is 6.06. The van der Waals surface area contributed by atoms with Crippen molar-refractivity contribution < 1.29 is 9.53 Å². The first kappa shape index (κ1) is 15.4. The van der Waals surface area contributed by atoms with Gasteiger partial charge in [-0.05, 0) is 33.6 Å². The average Bonchev–Trinajstić information content (AvgIpc) is 2.28. The summed E-state index contributed by atoms with van der Waals surface area (Å²) in [6.45, 7) is 10.1. The van der Waals surface area contributed by atoms with Crippen LogP contribution >= 0.6 is 0 Å². The Kier molecular flexibility index (Phi) is 6.60. The Morgan fingerprint density at radius 1 is 1.44 bits per heavy atom. The molecule has 0 bridgehead atoms. The molecule has 96 valence electrons. The van der Waals surface area contributed by atoms with Gasteiger partial charge in [-0.15, -0.1) is 0 Å². The minimum Gasteiger partial charge on any atom is -0.361 e. The van der Waals surface area contributed by atoms with Gasteiger partial charge in [0.15, 0.2) is 0 Å². The maximum absolute atomic E-state index is 11.7. The number of hydrogen-bond acceptors (Lipinski definition) is 3. The van der Waals surface area contributed by atoms with Crippen LogP contribution in [0.25, 0.3) is 0 Å². The van der Waals surface area contributed by atoms with Crippen LogP contribution in [0.15, 0.2) is 0 Å². The van der Waals surface area contributed by atoms with Crippen molar-refractivity contribution in [2.75, 3.05) is 6.54 Å². The number of amides is 1. The van der Waals surface area contributed by atoms with Crippen molar-refractivity contribution in [3.8, 4) is 0 Å². The minimum absolute atomic E-state index is 0.0672. The molecule has 0 rings (SSSR count). The van der Waals surface area contributed by atoms with E-state index >= 15 is 0 Å². The van der Waals surface area contributed by atoms with E-state index in [9.17, 15) is 4.79 Å². The normalized spacial score (nSPS) is 18.6. The molecule has 16 heavy (non-hydrogen) atoms. The molecular formula is C12H26N2O2. The zero-order chi connectivity index (χ0) is 12.8. The Balaban J connectivity index is 4.24. The molecule has 0 spiro atoms. The second-order valence-electron chi connectivity index (χ2n) is 4.59. The Labute approximate surface area is 98.9 Å². The zero-order valence-electron chi connectivity index (χ0n) is 11.2. The summed E-state index contributed by atoms with van der Waals surface area (Å²) in [7, 11) is 0. The molecule has 4 nitrogen and oxygen atoms in total. The van der Waals surface area contributed by atoms with Gasteiger partial charge in [-0.2, -0.15) is 0 Å². The fourth-order valence-electron chi connectivity index (χ4n) is 1.22. The average molecular weight is 230 g/mol. The third kappa shape index (κ3) is 4.94. The summed E-state index contributed by atoms with van der Waals surface area (Å²) in [4.78, 5) is 11.7. The molecular weight excluding hydrogens is 204 g/mol.